The van der Waals surface area contributed by atoms with Crippen LogP contribution in [-0.4, -0.2) is 48.5 Å². The number of likely N-dealkylation sites (tertiary alicyclic amines) is 1. The van der Waals surface area contributed by atoms with Gasteiger partial charge in [-0.05, 0) is 26.1 Å². The normalized spacial score (nSPS) is 21.4. The van der Waals surface area contributed by atoms with Gasteiger partial charge in [-0.25, -0.2) is 0 Å². The van der Waals surface area contributed by atoms with Gasteiger partial charge in [0.25, 0.3) is 11.6 Å². The molecule has 1 saturated heterocycles. The lowest BCUT2D eigenvalue weighted by Crippen LogP contribution is -2.27. The standard InChI is InChI=1S/C13H16N4O4/c1-16-3-2-8(6-16)14-9-4-10-12(5-11(9)17(19)20)21-7-13(18)15-10/h4-5,8,14H,2-3,6-7H2,1H3,(H,15,18). The Labute approximate surface area is 121 Å². The second-order valence-corrected chi connectivity index (χ2v) is 5.35. The van der Waals surface area contributed by atoms with E-state index in [0.29, 0.717) is 17.1 Å². The first-order chi connectivity index (χ1) is 10.0. The minimum atomic E-state index is -0.443. The number of anilines is 2. The van der Waals surface area contributed by atoms with Crippen molar-refractivity contribution in [2.75, 3.05) is 37.4 Å². The number of nitro groups is 1. The molecular formula is C13H16N4O4. The summed E-state index contributed by atoms with van der Waals surface area (Å²) in [6.45, 7) is 1.66. The molecular weight excluding hydrogens is 276 g/mol. The number of hydrogen-bond donors (Lipinski definition) is 2. The highest BCUT2D eigenvalue weighted by Crippen LogP contribution is 2.38. The molecule has 1 atom stereocenters. The summed E-state index contributed by atoms with van der Waals surface area (Å²) in [5, 5.41) is 17.1. The van der Waals surface area contributed by atoms with Gasteiger partial charge in [-0.1, -0.05) is 0 Å². The summed E-state index contributed by atoms with van der Waals surface area (Å²) in [5.74, 6) is 0.0679. The van der Waals surface area contributed by atoms with Gasteiger partial charge in [0.2, 0.25) is 0 Å². The van der Waals surface area contributed by atoms with Gasteiger partial charge in [0.1, 0.15) is 5.69 Å². The second-order valence-electron chi connectivity index (χ2n) is 5.35. The molecule has 21 heavy (non-hydrogen) atoms. The average molecular weight is 292 g/mol. The van der Waals surface area contributed by atoms with Crippen LogP contribution in [-0.2, 0) is 4.79 Å². The lowest BCUT2D eigenvalue weighted by molar-refractivity contribution is -0.384. The molecule has 1 aromatic rings. The molecule has 0 aromatic heterocycles. The monoisotopic (exact) mass is 292 g/mol. The second kappa shape index (κ2) is 5.21. The first-order valence-electron chi connectivity index (χ1n) is 6.73. The largest absolute Gasteiger partial charge is 0.481 e. The third-order valence-corrected chi connectivity index (χ3v) is 3.68. The van der Waals surface area contributed by atoms with Crippen molar-refractivity contribution < 1.29 is 14.5 Å². The van der Waals surface area contributed by atoms with Crippen LogP contribution in [0.1, 0.15) is 6.42 Å². The van der Waals surface area contributed by atoms with Crippen molar-refractivity contribution in [3.8, 4) is 5.75 Å². The van der Waals surface area contributed by atoms with Gasteiger partial charge in [0, 0.05) is 12.6 Å². The lowest BCUT2D eigenvalue weighted by Gasteiger charge is -2.20. The third kappa shape index (κ3) is 2.75. The van der Waals surface area contributed by atoms with Crippen LogP contribution in [0.4, 0.5) is 17.1 Å². The Morgan fingerprint density at radius 3 is 3.00 bits per heavy atom. The predicted octanol–water partition coefficient (Wildman–Crippen LogP) is 1.04. The van der Waals surface area contributed by atoms with Gasteiger partial charge in [-0.15, -0.1) is 0 Å². The van der Waals surface area contributed by atoms with E-state index in [1.165, 1.54) is 6.07 Å². The Morgan fingerprint density at radius 1 is 1.52 bits per heavy atom. The molecule has 3 rings (SSSR count). The zero-order valence-corrected chi connectivity index (χ0v) is 11.6. The molecule has 0 saturated carbocycles. The van der Waals surface area contributed by atoms with Crippen LogP contribution in [0.2, 0.25) is 0 Å². The van der Waals surface area contributed by atoms with Gasteiger partial charge in [-0.3, -0.25) is 14.9 Å². The van der Waals surface area contributed by atoms with Crippen molar-refractivity contribution >= 4 is 23.0 Å². The number of carbonyl (C=O) groups excluding carboxylic acids is 1. The molecule has 1 aromatic carbocycles. The maximum atomic E-state index is 11.3. The van der Waals surface area contributed by atoms with E-state index in [1.54, 1.807) is 6.07 Å². The molecule has 8 heteroatoms. The van der Waals surface area contributed by atoms with E-state index in [2.05, 4.69) is 15.5 Å². The first kappa shape index (κ1) is 13.6. The number of ether oxygens (including phenoxy) is 1. The highest BCUT2D eigenvalue weighted by molar-refractivity contribution is 5.96. The van der Waals surface area contributed by atoms with Gasteiger partial charge < -0.3 is 20.3 Å². The van der Waals surface area contributed by atoms with Gasteiger partial charge in [0.05, 0.1) is 16.7 Å². The molecule has 2 aliphatic rings. The van der Waals surface area contributed by atoms with Crippen molar-refractivity contribution in [1.29, 1.82) is 0 Å². The zero-order chi connectivity index (χ0) is 15.0. The summed E-state index contributed by atoms with van der Waals surface area (Å²) in [7, 11) is 2.01. The van der Waals surface area contributed by atoms with Crippen molar-refractivity contribution in [3.05, 3.63) is 22.2 Å². The van der Waals surface area contributed by atoms with Crippen molar-refractivity contribution in [3.63, 3.8) is 0 Å². The van der Waals surface area contributed by atoms with E-state index >= 15 is 0 Å². The molecule has 0 radical (unpaired) electrons. The summed E-state index contributed by atoms with van der Waals surface area (Å²) >= 11 is 0. The molecule has 0 bridgehead atoms. The van der Waals surface area contributed by atoms with Gasteiger partial charge in [-0.2, -0.15) is 0 Å². The van der Waals surface area contributed by atoms with E-state index in [9.17, 15) is 14.9 Å². The molecule has 2 aliphatic heterocycles. The number of carbonyl (C=O) groups is 1. The topological polar surface area (TPSA) is 96.7 Å². The number of hydrogen-bond acceptors (Lipinski definition) is 6. The molecule has 8 nitrogen and oxygen atoms in total. The molecule has 0 aliphatic carbocycles. The number of likely N-dealkylation sites (N-methyl/N-ethyl adjacent to an activating group) is 1. The van der Waals surface area contributed by atoms with Gasteiger partial charge in [0.15, 0.2) is 12.4 Å². The van der Waals surface area contributed by atoms with Crippen LogP contribution >= 0.6 is 0 Å². The first-order valence-corrected chi connectivity index (χ1v) is 6.73. The minimum absolute atomic E-state index is 0.0422. The number of amides is 1. The Bertz CT molecular complexity index is 604. The van der Waals surface area contributed by atoms with E-state index in [-0.39, 0.29) is 24.2 Å². The number of nitrogens with one attached hydrogen (secondary N) is 2. The zero-order valence-electron chi connectivity index (χ0n) is 11.6. The van der Waals surface area contributed by atoms with Crippen molar-refractivity contribution in [2.45, 2.75) is 12.5 Å². The summed E-state index contributed by atoms with van der Waals surface area (Å²) in [5.41, 5.74) is 0.829. The highest BCUT2D eigenvalue weighted by Gasteiger charge is 2.26. The summed E-state index contributed by atoms with van der Waals surface area (Å²) < 4.78 is 5.22. The number of fused-ring (bicyclic) bond motifs is 1. The third-order valence-electron chi connectivity index (χ3n) is 3.68. The summed E-state index contributed by atoms with van der Waals surface area (Å²) in [6, 6.07) is 3.09. The lowest BCUT2D eigenvalue weighted by atomic mass is 10.1. The fourth-order valence-corrected chi connectivity index (χ4v) is 2.66. The Kier molecular flexibility index (Phi) is 3.38. The van der Waals surface area contributed by atoms with Gasteiger partial charge >= 0.3 is 0 Å². The van der Waals surface area contributed by atoms with E-state index in [0.717, 1.165) is 19.5 Å². The van der Waals surface area contributed by atoms with E-state index < -0.39 is 4.92 Å². The van der Waals surface area contributed by atoms with Crippen LogP contribution in [0.5, 0.6) is 5.75 Å². The van der Waals surface area contributed by atoms with Crippen LogP contribution in [0.3, 0.4) is 0 Å². The number of nitrogens with zero attached hydrogens (tertiary/aromatic N) is 2. The Hall–Kier alpha value is -2.35. The SMILES string of the molecule is CN1CCC(Nc2cc3c(cc2[N+](=O)[O-])OCC(=O)N3)C1. The molecule has 112 valence electrons. The van der Waals surface area contributed by atoms with Crippen LogP contribution in [0.25, 0.3) is 0 Å². The van der Waals surface area contributed by atoms with Crippen molar-refractivity contribution in [2.24, 2.45) is 0 Å². The molecule has 1 fully saturated rings. The minimum Gasteiger partial charge on any atom is -0.481 e. The van der Waals surface area contributed by atoms with Crippen LogP contribution < -0.4 is 15.4 Å². The summed E-state index contributed by atoms with van der Waals surface area (Å²) in [4.78, 5) is 24.3. The maximum absolute atomic E-state index is 11.3. The maximum Gasteiger partial charge on any atom is 0.296 e. The van der Waals surface area contributed by atoms with E-state index in [1.807, 2.05) is 7.05 Å². The average Bonchev–Trinajstić information content (AvgIpc) is 2.83. The molecule has 2 N–H and O–H groups in total. The molecule has 2 heterocycles. The number of benzene rings is 1. The predicted molar refractivity (Wildman–Crippen MR) is 76.7 cm³/mol. The quantitative estimate of drug-likeness (QED) is 0.638. The molecule has 1 unspecified atom stereocenters. The Balaban J connectivity index is 1.91. The van der Waals surface area contributed by atoms with Crippen LogP contribution in [0, 0.1) is 10.1 Å². The smallest absolute Gasteiger partial charge is 0.296 e. The molecule has 0 spiro atoms. The van der Waals surface area contributed by atoms with Crippen molar-refractivity contribution in [1.82, 2.24) is 4.90 Å². The Morgan fingerprint density at radius 2 is 2.33 bits per heavy atom. The fraction of sp³-hybridized carbons (Fsp3) is 0.462. The number of nitro benzene ring substituents is 1. The number of rotatable bonds is 3. The highest BCUT2D eigenvalue weighted by atomic mass is 16.6. The van der Waals surface area contributed by atoms with E-state index in [4.69, 9.17) is 4.74 Å². The summed E-state index contributed by atoms with van der Waals surface area (Å²) in [6.07, 6.45) is 0.924. The van der Waals surface area contributed by atoms with Crippen LogP contribution in [0.15, 0.2) is 12.1 Å². The fourth-order valence-electron chi connectivity index (χ4n) is 2.66. The molecule has 1 amide bonds.